The molecule has 1 aromatic rings. The molecule has 0 aliphatic heterocycles. The second-order valence-corrected chi connectivity index (χ2v) is 5.83. The van der Waals surface area contributed by atoms with Crippen LogP contribution in [0.1, 0.15) is 37.7 Å². The van der Waals surface area contributed by atoms with Crippen LogP contribution in [0.5, 0.6) is 0 Å². The zero-order chi connectivity index (χ0) is 11.4. The Morgan fingerprint density at radius 2 is 1.88 bits per heavy atom. The van der Waals surface area contributed by atoms with Crippen molar-refractivity contribution in [1.82, 2.24) is 0 Å². The van der Waals surface area contributed by atoms with E-state index in [1.54, 1.807) is 0 Å². The van der Waals surface area contributed by atoms with Crippen molar-refractivity contribution in [1.29, 1.82) is 0 Å². The van der Waals surface area contributed by atoms with Gasteiger partial charge in [-0.1, -0.05) is 37.5 Å². The van der Waals surface area contributed by atoms with Crippen LogP contribution in [0.25, 0.3) is 0 Å². The molecule has 1 aliphatic carbocycles. The van der Waals surface area contributed by atoms with E-state index in [-0.39, 0.29) is 6.10 Å². The van der Waals surface area contributed by atoms with E-state index in [9.17, 15) is 4.57 Å². The van der Waals surface area contributed by atoms with Gasteiger partial charge in [0.2, 0.25) is 8.03 Å². The Morgan fingerprint density at radius 3 is 2.56 bits per heavy atom. The molecule has 88 valence electrons. The van der Waals surface area contributed by atoms with Gasteiger partial charge in [-0.3, -0.25) is 4.57 Å². The van der Waals surface area contributed by atoms with E-state index in [1.165, 1.54) is 19.3 Å². The summed E-state index contributed by atoms with van der Waals surface area (Å²) >= 11 is 0. The zero-order valence-corrected chi connectivity index (χ0v) is 10.7. The van der Waals surface area contributed by atoms with Gasteiger partial charge in [0.25, 0.3) is 0 Å². The van der Waals surface area contributed by atoms with E-state index in [4.69, 9.17) is 4.52 Å². The van der Waals surface area contributed by atoms with Gasteiger partial charge in [-0.2, -0.15) is 0 Å². The topological polar surface area (TPSA) is 26.3 Å². The minimum absolute atomic E-state index is 0.222. The smallest absolute Gasteiger partial charge is 0.221 e. The molecule has 0 radical (unpaired) electrons. The van der Waals surface area contributed by atoms with Crippen LogP contribution in [-0.4, -0.2) is 6.10 Å². The fraction of sp³-hybridized carbons (Fsp3) is 0.538. The lowest BCUT2D eigenvalue weighted by Gasteiger charge is -2.21. The highest BCUT2D eigenvalue weighted by Crippen LogP contribution is 2.31. The van der Waals surface area contributed by atoms with Gasteiger partial charge < -0.3 is 4.52 Å². The standard InChI is InChI=1S/C13H19O2P/c1-11-7-5-6-10-13(11)16(14)15-12-8-3-2-4-9-12/h5-7,10,12,16H,2-4,8-9H2,1H3. The average molecular weight is 238 g/mol. The summed E-state index contributed by atoms with van der Waals surface area (Å²) in [6.45, 7) is 1.99. The van der Waals surface area contributed by atoms with Gasteiger partial charge in [0, 0.05) is 5.30 Å². The molecular weight excluding hydrogens is 219 g/mol. The van der Waals surface area contributed by atoms with Crippen molar-refractivity contribution in [3.8, 4) is 0 Å². The molecule has 1 aliphatic rings. The number of hydrogen-bond donors (Lipinski definition) is 0. The third kappa shape index (κ3) is 2.96. The first-order valence-electron chi connectivity index (χ1n) is 6.04. The summed E-state index contributed by atoms with van der Waals surface area (Å²) in [6, 6.07) is 7.80. The van der Waals surface area contributed by atoms with Crippen LogP contribution < -0.4 is 5.30 Å². The van der Waals surface area contributed by atoms with Crippen molar-refractivity contribution in [3.63, 3.8) is 0 Å². The molecule has 0 N–H and O–H groups in total. The van der Waals surface area contributed by atoms with Gasteiger partial charge in [0.1, 0.15) is 0 Å². The second-order valence-electron chi connectivity index (χ2n) is 4.48. The summed E-state index contributed by atoms with van der Waals surface area (Å²) in [7, 11) is -2.05. The lowest BCUT2D eigenvalue weighted by atomic mass is 9.98. The van der Waals surface area contributed by atoms with E-state index in [1.807, 2.05) is 31.2 Å². The maximum Gasteiger partial charge on any atom is 0.221 e. The summed E-state index contributed by atoms with van der Waals surface area (Å²) in [6.07, 6.45) is 6.09. The third-order valence-electron chi connectivity index (χ3n) is 3.19. The van der Waals surface area contributed by atoms with Gasteiger partial charge in [-0.05, 0) is 31.4 Å². The zero-order valence-electron chi connectivity index (χ0n) is 9.74. The molecule has 1 fully saturated rings. The summed E-state index contributed by atoms with van der Waals surface area (Å²) in [4.78, 5) is 0. The van der Waals surface area contributed by atoms with E-state index >= 15 is 0 Å². The van der Waals surface area contributed by atoms with Crippen molar-refractivity contribution < 1.29 is 9.09 Å². The highest BCUT2D eigenvalue weighted by atomic mass is 31.1. The first-order valence-corrected chi connectivity index (χ1v) is 7.35. The predicted octanol–water partition coefficient (Wildman–Crippen LogP) is 3.44. The second kappa shape index (κ2) is 5.65. The van der Waals surface area contributed by atoms with Crippen molar-refractivity contribution in [2.45, 2.75) is 45.1 Å². The summed E-state index contributed by atoms with van der Waals surface area (Å²) in [5, 5.41) is 0.887. The van der Waals surface area contributed by atoms with Crippen molar-refractivity contribution in [2.75, 3.05) is 0 Å². The van der Waals surface area contributed by atoms with Gasteiger partial charge in [-0.25, -0.2) is 0 Å². The maximum absolute atomic E-state index is 12.1. The first-order chi connectivity index (χ1) is 7.77. The number of benzene rings is 1. The SMILES string of the molecule is Cc1ccccc1[PH](=O)OC1CCCCC1. The van der Waals surface area contributed by atoms with Crippen LogP contribution in [0.15, 0.2) is 24.3 Å². The molecule has 2 rings (SSSR count). The molecule has 1 aromatic carbocycles. The predicted molar refractivity (Wildman–Crippen MR) is 67.8 cm³/mol. The highest BCUT2D eigenvalue weighted by Gasteiger charge is 2.17. The van der Waals surface area contributed by atoms with Gasteiger partial charge >= 0.3 is 0 Å². The fourth-order valence-corrected chi connectivity index (χ4v) is 3.50. The number of aryl methyl sites for hydroxylation is 1. The fourth-order valence-electron chi connectivity index (χ4n) is 2.20. The molecule has 0 spiro atoms. The van der Waals surface area contributed by atoms with Crippen LogP contribution in [0, 0.1) is 6.92 Å². The molecule has 2 nitrogen and oxygen atoms in total. The van der Waals surface area contributed by atoms with Crippen LogP contribution >= 0.6 is 8.03 Å². The molecule has 0 saturated heterocycles. The van der Waals surface area contributed by atoms with E-state index in [2.05, 4.69) is 0 Å². The largest absolute Gasteiger partial charge is 0.324 e. The number of rotatable bonds is 3. The molecule has 1 unspecified atom stereocenters. The Balaban J connectivity index is 2.00. The number of hydrogen-bond acceptors (Lipinski definition) is 2. The highest BCUT2D eigenvalue weighted by molar-refractivity contribution is 7.48. The maximum atomic E-state index is 12.1. The Labute approximate surface area is 97.9 Å². The average Bonchev–Trinajstić information content (AvgIpc) is 2.31. The lowest BCUT2D eigenvalue weighted by molar-refractivity contribution is 0.168. The monoisotopic (exact) mass is 238 g/mol. The first kappa shape index (κ1) is 11.9. The van der Waals surface area contributed by atoms with Crippen LogP contribution in [-0.2, 0) is 9.09 Å². The summed E-state index contributed by atoms with van der Waals surface area (Å²) in [5.41, 5.74) is 1.07. The molecule has 0 heterocycles. The van der Waals surface area contributed by atoms with E-state index in [0.717, 1.165) is 23.7 Å². The molecule has 0 amide bonds. The van der Waals surface area contributed by atoms with Crippen molar-refractivity contribution in [2.24, 2.45) is 0 Å². The third-order valence-corrected chi connectivity index (χ3v) is 4.74. The Kier molecular flexibility index (Phi) is 4.20. The van der Waals surface area contributed by atoms with E-state index < -0.39 is 8.03 Å². The van der Waals surface area contributed by atoms with Crippen molar-refractivity contribution in [3.05, 3.63) is 29.8 Å². The van der Waals surface area contributed by atoms with Gasteiger partial charge in [-0.15, -0.1) is 0 Å². The molecule has 0 aromatic heterocycles. The quantitative estimate of drug-likeness (QED) is 0.754. The van der Waals surface area contributed by atoms with Crippen LogP contribution in [0.3, 0.4) is 0 Å². The molecular formula is C13H19O2P. The molecule has 0 bridgehead atoms. The normalized spacial score (nSPS) is 19.6. The minimum atomic E-state index is -2.05. The Bertz CT molecular complexity index is 370. The van der Waals surface area contributed by atoms with E-state index in [0.29, 0.717) is 0 Å². The molecule has 1 saturated carbocycles. The lowest BCUT2D eigenvalue weighted by Crippen LogP contribution is -2.15. The summed E-state index contributed by atoms with van der Waals surface area (Å²) < 4.78 is 17.8. The molecule has 1 atom stereocenters. The van der Waals surface area contributed by atoms with Crippen LogP contribution in [0.4, 0.5) is 0 Å². The Hall–Kier alpha value is -0.590. The molecule has 16 heavy (non-hydrogen) atoms. The summed E-state index contributed by atoms with van der Waals surface area (Å²) in [5.74, 6) is 0. The van der Waals surface area contributed by atoms with Gasteiger partial charge in [0.05, 0.1) is 6.10 Å². The molecule has 3 heteroatoms. The van der Waals surface area contributed by atoms with Crippen molar-refractivity contribution >= 4 is 13.3 Å². The van der Waals surface area contributed by atoms with Crippen LogP contribution in [0.2, 0.25) is 0 Å². The van der Waals surface area contributed by atoms with Gasteiger partial charge in [0.15, 0.2) is 0 Å². The minimum Gasteiger partial charge on any atom is -0.324 e. The Morgan fingerprint density at radius 1 is 1.19 bits per heavy atom.